The first-order chi connectivity index (χ1) is 11.6. The van der Waals surface area contributed by atoms with Gasteiger partial charge in [0.15, 0.2) is 5.13 Å². The van der Waals surface area contributed by atoms with Gasteiger partial charge in [0.05, 0.1) is 7.11 Å². The molecule has 0 aliphatic carbocycles. The molecule has 1 amide bonds. The summed E-state index contributed by atoms with van der Waals surface area (Å²) in [5.74, 6) is 1.53. The number of rotatable bonds is 6. The number of carbonyl (C=O) groups excluding carboxylic acids is 1. The molecule has 1 aliphatic heterocycles. The molecule has 24 heavy (non-hydrogen) atoms. The predicted molar refractivity (Wildman–Crippen MR) is 96.5 cm³/mol. The smallest absolute Gasteiger partial charge is 0.223 e. The van der Waals surface area contributed by atoms with Crippen LogP contribution in [0, 0.1) is 5.92 Å². The molecule has 0 saturated carbocycles. The van der Waals surface area contributed by atoms with Crippen LogP contribution in [0.25, 0.3) is 0 Å². The molecule has 128 valence electrons. The van der Waals surface area contributed by atoms with Crippen LogP contribution in [0.5, 0.6) is 5.75 Å². The van der Waals surface area contributed by atoms with Crippen LogP contribution in [-0.4, -0.2) is 36.0 Å². The summed E-state index contributed by atoms with van der Waals surface area (Å²) in [6, 6.07) is 8.35. The van der Waals surface area contributed by atoms with Crippen LogP contribution in [-0.2, 0) is 17.8 Å². The van der Waals surface area contributed by atoms with Gasteiger partial charge in [-0.15, -0.1) is 11.3 Å². The summed E-state index contributed by atoms with van der Waals surface area (Å²) in [5, 5.41) is 3.43. The lowest BCUT2D eigenvalue weighted by Gasteiger charge is -2.15. The average molecular weight is 345 g/mol. The van der Waals surface area contributed by atoms with E-state index in [1.807, 2.05) is 12.3 Å². The molecule has 2 aromatic rings. The van der Waals surface area contributed by atoms with Crippen molar-refractivity contribution in [2.75, 3.05) is 25.5 Å². The van der Waals surface area contributed by atoms with E-state index in [1.54, 1.807) is 18.4 Å². The first kappa shape index (κ1) is 16.9. The number of aromatic nitrogens is 1. The highest BCUT2D eigenvalue weighted by Gasteiger charge is 2.23. The highest BCUT2D eigenvalue weighted by Crippen LogP contribution is 2.26. The minimum Gasteiger partial charge on any atom is -0.497 e. The first-order valence-electron chi connectivity index (χ1n) is 8.20. The fraction of sp³-hybridized carbons (Fsp3) is 0.444. The number of nitrogens with zero attached hydrogens (tertiary/aromatic N) is 2. The molecule has 1 saturated heterocycles. The number of amides is 1. The molecule has 2 heterocycles. The summed E-state index contributed by atoms with van der Waals surface area (Å²) >= 11 is 1.56. The Balaban J connectivity index is 1.51. The summed E-state index contributed by atoms with van der Waals surface area (Å²) in [4.78, 5) is 19.0. The molecular formula is C18H23N3O2S. The van der Waals surface area contributed by atoms with E-state index in [9.17, 15) is 4.79 Å². The Labute approximate surface area is 146 Å². The number of likely N-dealkylation sites (tertiary alicyclic amines) is 1. The van der Waals surface area contributed by atoms with Gasteiger partial charge in [-0.25, -0.2) is 4.98 Å². The number of hydrogen-bond acceptors (Lipinski definition) is 5. The predicted octanol–water partition coefficient (Wildman–Crippen LogP) is 3.17. The molecule has 1 aromatic heterocycles. The van der Waals surface area contributed by atoms with Crippen LogP contribution in [0.4, 0.5) is 5.13 Å². The fourth-order valence-corrected chi connectivity index (χ4v) is 4.07. The van der Waals surface area contributed by atoms with Crippen LogP contribution < -0.4 is 10.1 Å². The largest absolute Gasteiger partial charge is 0.497 e. The lowest BCUT2D eigenvalue weighted by atomic mass is 9.98. The van der Waals surface area contributed by atoms with Crippen molar-refractivity contribution in [1.29, 1.82) is 0 Å². The lowest BCUT2D eigenvalue weighted by molar-refractivity contribution is -0.114. The Kier molecular flexibility index (Phi) is 5.48. The minimum atomic E-state index is -0.0737. The Morgan fingerprint density at radius 2 is 2.38 bits per heavy atom. The maximum atomic E-state index is 11.1. The van der Waals surface area contributed by atoms with E-state index in [4.69, 9.17) is 4.74 Å². The third-order valence-corrected chi connectivity index (χ3v) is 5.14. The topological polar surface area (TPSA) is 54.5 Å². The standard InChI is InChI=1S/C18H23N3O2S/c1-13(22)20-18-19-10-17(24-18)12-21-7-6-15(11-21)8-14-4-3-5-16(9-14)23-2/h3-5,9-10,15H,6-8,11-12H2,1-2H3,(H,19,20,22)/t15-/m1/s1. The van der Waals surface area contributed by atoms with E-state index in [1.165, 1.54) is 23.8 Å². The van der Waals surface area contributed by atoms with Gasteiger partial charge in [0, 0.05) is 31.1 Å². The van der Waals surface area contributed by atoms with Crippen LogP contribution in [0.1, 0.15) is 23.8 Å². The van der Waals surface area contributed by atoms with Gasteiger partial charge in [-0.1, -0.05) is 12.1 Å². The van der Waals surface area contributed by atoms with Crippen LogP contribution in [0.15, 0.2) is 30.5 Å². The van der Waals surface area contributed by atoms with Crippen molar-refractivity contribution in [3.05, 3.63) is 40.9 Å². The zero-order valence-electron chi connectivity index (χ0n) is 14.1. The Morgan fingerprint density at radius 1 is 1.50 bits per heavy atom. The number of carbonyl (C=O) groups is 1. The Morgan fingerprint density at radius 3 is 3.17 bits per heavy atom. The van der Waals surface area contributed by atoms with Gasteiger partial charge in [0.25, 0.3) is 0 Å². The first-order valence-corrected chi connectivity index (χ1v) is 9.01. The lowest BCUT2D eigenvalue weighted by Crippen LogP contribution is -2.20. The highest BCUT2D eigenvalue weighted by molar-refractivity contribution is 7.15. The highest BCUT2D eigenvalue weighted by atomic mass is 32.1. The molecule has 6 heteroatoms. The van der Waals surface area contributed by atoms with E-state index in [0.717, 1.165) is 31.8 Å². The Bertz CT molecular complexity index is 701. The van der Waals surface area contributed by atoms with E-state index in [0.29, 0.717) is 11.0 Å². The molecule has 1 atom stereocenters. The zero-order chi connectivity index (χ0) is 16.9. The molecule has 0 spiro atoms. The SMILES string of the molecule is COc1cccc(C[C@H]2CCN(Cc3cnc(NC(C)=O)s3)C2)c1. The van der Waals surface area contributed by atoms with Gasteiger partial charge in [0.1, 0.15) is 5.75 Å². The molecule has 0 unspecified atom stereocenters. The fourth-order valence-electron chi connectivity index (χ4n) is 3.17. The van der Waals surface area contributed by atoms with Crippen molar-refractivity contribution in [1.82, 2.24) is 9.88 Å². The maximum absolute atomic E-state index is 11.1. The second-order valence-electron chi connectivity index (χ2n) is 6.26. The van der Waals surface area contributed by atoms with E-state index < -0.39 is 0 Å². The Hall–Kier alpha value is -1.92. The normalized spacial score (nSPS) is 17.8. The number of nitrogens with one attached hydrogen (secondary N) is 1. The van der Waals surface area contributed by atoms with Crippen molar-refractivity contribution in [3.63, 3.8) is 0 Å². The van der Waals surface area contributed by atoms with Gasteiger partial charge in [-0.3, -0.25) is 9.69 Å². The van der Waals surface area contributed by atoms with Gasteiger partial charge >= 0.3 is 0 Å². The molecular weight excluding hydrogens is 322 g/mol. The monoisotopic (exact) mass is 345 g/mol. The van der Waals surface area contributed by atoms with E-state index in [-0.39, 0.29) is 5.91 Å². The second-order valence-corrected chi connectivity index (χ2v) is 7.37. The summed E-state index contributed by atoms with van der Waals surface area (Å²) < 4.78 is 5.30. The van der Waals surface area contributed by atoms with Gasteiger partial charge in [-0.05, 0) is 43.0 Å². The molecule has 1 aliphatic rings. The number of ether oxygens (including phenoxy) is 1. The minimum absolute atomic E-state index is 0.0737. The summed E-state index contributed by atoms with van der Waals surface area (Å²) in [6.07, 6.45) is 4.17. The summed E-state index contributed by atoms with van der Waals surface area (Å²) in [6.45, 7) is 4.63. The molecule has 1 N–H and O–H groups in total. The van der Waals surface area contributed by atoms with Gasteiger partial charge in [0.2, 0.25) is 5.91 Å². The summed E-state index contributed by atoms with van der Waals surface area (Å²) in [7, 11) is 1.71. The second kappa shape index (κ2) is 7.77. The zero-order valence-corrected chi connectivity index (χ0v) is 14.9. The molecule has 3 rings (SSSR count). The van der Waals surface area contributed by atoms with Crippen LogP contribution in [0.2, 0.25) is 0 Å². The van der Waals surface area contributed by atoms with E-state index in [2.05, 4.69) is 33.4 Å². The average Bonchev–Trinajstić information content (AvgIpc) is 3.17. The maximum Gasteiger partial charge on any atom is 0.223 e. The van der Waals surface area contributed by atoms with Crippen LogP contribution >= 0.6 is 11.3 Å². The molecule has 0 radical (unpaired) electrons. The number of thiazole rings is 1. The van der Waals surface area contributed by atoms with Crippen molar-refractivity contribution in [2.45, 2.75) is 26.3 Å². The van der Waals surface area contributed by atoms with Crippen molar-refractivity contribution >= 4 is 22.4 Å². The van der Waals surface area contributed by atoms with Gasteiger partial charge < -0.3 is 10.1 Å². The van der Waals surface area contributed by atoms with Crippen LogP contribution in [0.3, 0.4) is 0 Å². The van der Waals surface area contributed by atoms with Crippen molar-refractivity contribution < 1.29 is 9.53 Å². The molecule has 0 bridgehead atoms. The molecule has 5 nitrogen and oxygen atoms in total. The number of anilines is 1. The quantitative estimate of drug-likeness (QED) is 0.874. The van der Waals surface area contributed by atoms with Crippen molar-refractivity contribution in [3.8, 4) is 5.75 Å². The molecule has 1 fully saturated rings. The number of benzene rings is 1. The van der Waals surface area contributed by atoms with Gasteiger partial charge in [-0.2, -0.15) is 0 Å². The molecule has 1 aromatic carbocycles. The number of methoxy groups -OCH3 is 1. The summed E-state index contributed by atoms with van der Waals surface area (Å²) in [5.41, 5.74) is 1.34. The third kappa shape index (κ3) is 4.55. The van der Waals surface area contributed by atoms with Crippen molar-refractivity contribution in [2.24, 2.45) is 5.92 Å². The van der Waals surface area contributed by atoms with E-state index >= 15 is 0 Å². The third-order valence-electron chi connectivity index (χ3n) is 4.24. The number of hydrogen-bond donors (Lipinski definition) is 1.